The second-order valence-electron chi connectivity index (χ2n) is 10.3. The third-order valence-electron chi connectivity index (χ3n) is 7.10. The highest BCUT2D eigenvalue weighted by atomic mass is 28.4. The van der Waals surface area contributed by atoms with Crippen LogP contribution in [-0.4, -0.2) is 61.8 Å². The van der Waals surface area contributed by atoms with E-state index in [0.717, 1.165) is 11.1 Å². The van der Waals surface area contributed by atoms with Gasteiger partial charge in [-0.05, 0) is 61.7 Å². The Balaban J connectivity index is 2.09. The number of aliphatic hydroxyl groups is 1. The Hall–Kier alpha value is -2.16. The predicted octanol–water partition coefficient (Wildman–Crippen LogP) is 4.37. The number of hydrogen-bond acceptors (Lipinski definition) is 5. The summed E-state index contributed by atoms with van der Waals surface area (Å²) in [5, 5.41) is 11.5. The highest BCUT2D eigenvalue weighted by Crippen LogP contribution is 2.42. The smallest absolute Gasteiger partial charge is 0.416 e. The van der Waals surface area contributed by atoms with Gasteiger partial charge >= 0.3 is 6.09 Å². The molecule has 0 aliphatic carbocycles. The lowest BCUT2D eigenvalue weighted by Gasteiger charge is -2.41. The topological polar surface area (TPSA) is 79.3 Å². The van der Waals surface area contributed by atoms with Crippen molar-refractivity contribution < 1.29 is 23.9 Å². The van der Waals surface area contributed by atoms with Crippen LogP contribution in [0.5, 0.6) is 0 Å². The zero-order valence-corrected chi connectivity index (χ0v) is 21.3. The molecule has 1 aromatic rings. The van der Waals surface area contributed by atoms with Crippen LogP contribution in [0.1, 0.15) is 48.7 Å². The highest BCUT2D eigenvalue weighted by Gasteiger charge is 2.52. The summed E-state index contributed by atoms with van der Waals surface area (Å²) in [4.78, 5) is 29.5. The molecule has 0 radical (unpaired) electrons. The first-order valence-corrected chi connectivity index (χ1v) is 14.1. The largest absolute Gasteiger partial charge is 0.445 e. The minimum Gasteiger partial charge on any atom is -0.445 e. The normalized spacial score (nSPS) is 23.5. The highest BCUT2D eigenvalue weighted by molar-refractivity contribution is 6.74. The molecule has 1 N–H and O–H groups in total. The molecular weight excluding hydrogens is 424 g/mol. The number of aliphatic hydroxyl groups excluding tert-OH is 1. The average molecular weight is 461 g/mol. The van der Waals surface area contributed by atoms with Crippen LogP contribution >= 0.6 is 0 Å². The Morgan fingerprint density at radius 2 is 1.91 bits per heavy atom. The standard InChI is InChI=1S/C24H36N2O5Si/c1-9-12-30-23(29)26-18-14-16(3)15(2)13-17(18)21(27)25-11-10-19(20(25)22(26)28)31-32(7,8)24(4,5)6/h9,13-14,19-20,22,28H,1,10-12H2,2-8H3/t19-,20?,22?/m0/s1. The van der Waals surface area contributed by atoms with Gasteiger partial charge < -0.3 is 19.2 Å². The average Bonchev–Trinajstić information content (AvgIpc) is 3.06. The minimum atomic E-state index is -2.18. The molecule has 1 saturated heterocycles. The number of fused-ring (bicyclic) bond motifs is 2. The number of nitrogens with zero attached hydrogens (tertiary/aromatic N) is 2. The van der Waals surface area contributed by atoms with Crippen LogP contribution in [0.25, 0.3) is 0 Å². The fraction of sp³-hybridized carbons (Fsp3) is 0.583. The van der Waals surface area contributed by atoms with Gasteiger partial charge in [0.05, 0.1) is 17.4 Å². The van der Waals surface area contributed by atoms with Gasteiger partial charge in [-0.1, -0.05) is 33.4 Å². The Morgan fingerprint density at radius 1 is 1.28 bits per heavy atom. The van der Waals surface area contributed by atoms with Crippen LogP contribution in [-0.2, 0) is 9.16 Å². The van der Waals surface area contributed by atoms with Gasteiger partial charge in [0.25, 0.3) is 5.91 Å². The number of aryl methyl sites for hydroxylation is 2. The molecule has 2 unspecified atom stereocenters. The van der Waals surface area contributed by atoms with E-state index in [4.69, 9.17) is 9.16 Å². The van der Waals surface area contributed by atoms with Crippen molar-refractivity contribution in [2.45, 2.75) is 77.5 Å². The summed E-state index contributed by atoms with van der Waals surface area (Å²) in [6, 6.07) is 2.88. The Bertz CT molecular complexity index is 924. The minimum absolute atomic E-state index is 0.00839. The van der Waals surface area contributed by atoms with E-state index in [1.807, 2.05) is 13.8 Å². The van der Waals surface area contributed by atoms with E-state index in [0.29, 0.717) is 24.2 Å². The van der Waals surface area contributed by atoms with Gasteiger partial charge in [-0.25, -0.2) is 9.69 Å². The lowest BCUT2D eigenvalue weighted by molar-refractivity contribution is 0.0189. The van der Waals surface area contributed by atoms with Crippen molar-refractivity contribution in [3.63, 3.8) is 0 Å². The van der Waals surface area contributed by atoms with Crippen molar-refractivity contribution in [3.8, 4) is 0 Å². The van der Waals surface area contributed by atoms with Crippen LogP contribution in [0, 0.1) is 13.8 Å². The van der Waals surface area contributed by atoms with Gasteiger partial charge in [-0.2, -0.15) is 0 Å². The first-order valence-electron chi connectivity index (χ1n) is 11.1. The molecule has 176 valence electrons. The van der Waals surface area contributed by atoms with E-state index in [2.05, 4.69) is 40.4 Å². The lowest BCUT2D eigenvalue weighted by atomic mass is 10.0. The Labute approximate surface area is 192 Å². The zero-order valence-electron chi connectivity index (χ0n) is 20.3. The summed E-state index contributed by atoms with van der Waals surface area (Å²) >= 11 is 0. The molecule has 2 aliphatic heterocycles. The van der Waals surface area contributed by atoms with Crippen molar-refractivity contribution in [3.05, 3.63) is 41.5 Å². The number of amides is 2. The monoisotopic (exact) mass is 460 g/mol. The van der Waals surface area contributed by atoms with Gasteiger partial charge in [0.1, 0.15) is 12.6 Å². The summed E-state index contributed by atoms with van der Waals surface area (Å²) in [6.45, 7) is 18.7. The van der Waals surface area contributed by atoms with E-state index in [1.165, 1.54) is 11.0 Å². The first-order chi connectivity index (χ1) is 14.8. The predicted molar refractivity (Wildman–Crippen MR) is 127 cm³/mol. The molecular formula is C24H36N2O5Si. The molecule has 0 aromatic heterocycles. The van der Waals surface area contributed by atoms with E-state index < -0.39 is 26.7 Å². The zero-order chi connectivity index (χ0) is 24.0. The number of hydrogen-bond donors (Lipinski definition) is 1. The summed E-state index contributed by atoms with van der Waals surface area (Å²) in [5.74, 6) is -0.201. The first kappa shape index (κ1) is 24.5. The van der Waals surface area contributed by atoms with Crippen LogP contribution in [0.3, 0.4) is 0 Å². The fourth-order valence-electron chi connectivity index (χ4n) is 4.09. The van der Waals surface area contributed by atoms with E-state index in [1.54, 1.807) is 17.0 Å². The molecule has 1 aromatic carbocycles. The van der Waals surface area contributed by atoms with Gasteiger partial charge in [0, 0.05) is 6.54 Å². The van der Waals surface area contributed by atoms with Gasteiger partial charge in [0.2, 0.25) is 0 Å². The molecule has 7 nitrogen and oxygen atoms in total. The second kappa shape index (κ2) is 8.65. The maximum absolute atomic E-state index is 13.6. The molecule has 0 bridgehead atoms. The molecule has 3 atom stereocenters. The fourth-order valence-corrected chi connectivity index (χ4v) is 5.46. The van der Waals surface area contributed by atoms with Crippen molar-refractivity contribution in [2.24, 2.45) is 0 Å². The van der Waals surface area contributed by atoms with Crippen LogP contribution < -0.4 is 4.90 Å². The number of ether oxygens (including phenoxy) is 1. The molecule has 2 aliphatic rings. The molecule has 1 fully saturated rings. The molecule has 32 heavy (non-hydrogen) atoms. The number of rotatable bonds is 4. The summed E-state index contributed by atoms with van der Waals surface area (Å²) < 4.78 is 12.0. The molecule has 0 spiro atoms. The molecule has 2 heterocycles. The van der Waals surface area contributed by atoms with E-state index in [-0.39, 0.29) is 23.7 Å². The van der Waals surface area contributed by atoms with Gasteiger partial charge in [0.15, 0.2) is 14.5 Å². The second-order valence-corrected chi connectivity index (χ2v) is 15.1. The van der Waals surface area contributed by atoms with Gasteiger partial charge in [-0.15, -0.1) is 0 Å². The third-order valence-corrected chi connectivity index (χ3v) is 11.6. The van der Waals surface area contributed by atoms with E-state index >= 15 is 0 Å². The summed E-state index contributed by atoms with van der Waals surface area (Å²) in [6.07, 6.45) is -0.303. The quantitative estimate of drug-likeness (QED) is 0.533. The molecule has 8 heteroatoms. The molecule has 2 amide bonds. The SMILES string of the molecule is C=CCOC(=O)N1c2cc(C)c(C)cc2C(=O)N2CC[C@H](O[Si](C)(C)C(C)(C)C)C2C1O. The van der Waals surface area contributed by atoms with Crippen molar-refractivity contribution in [1.82, 2.24) is 4.90 Å². The maximum Gasteiger partial charge on any atom is 0.416 e. The Kier molecular flexibility index (Phi) is 6.61. The van der Waals surface area contributed by atoms with Crippen LogP contribution in [0.15, 0.2) is 24.8 Å². The van der Waals surface area contributed by atoms with Crippen molar-refractivity contribution >= 4 is 26.0 Å². The third kappa shape index (κ3) is 4.23. The van der Waals surface area contributed by atoms with Crippen LogP contribution in [0.2, 0.25) is 18.1 Å². The van der Waals surface area contributed by atoms with Crippen molar-refractivity contribution in [2.75, 3.05) is 18.1 Å². The van der Waals surface area contributed by atoms with Crippen LogP contribution in [0.4, 0.5) is 10.5 Å². The number of carbonyl (C=O) groups is 2. The summed E-state index contributed by atoms with van der Waals surface area (Å²) in [7, 11) is -2.18. The number of benzene rings is 1. The Morgan fingerprint density at radius 3 is 2.50 bits per heavy atom. The summed E-state index contributed by atoms with van der Waals surface area (Å²) in [5.41, 5.74) is 2.61. The maximum atomic E-state index is 13.6. The number of anilines is 1. The number of carbonyl (C=O) groups excluding carboxylic acids is 2. The lowest BCUT2D eigenvalue weighted by Crippen LogP contribution is -2.57. The molecule has 0 saturated carbocycles. The van der Waals surface area contributed by atoms with Crippen molar-refractivity contribution in [1.29, 1.82) is 0 Å². The van der Waals surface area contributed by atoms with Gasteiger partial charge in [-0.3, -0.25) is 4.79 Å². The molecule has 3 rings (SSSR count). The van der Waals surface area contributed by atoms with E-state index in [9.17, 15) is 14.7 Å².